The van der Waals surface area contributed by atoms with Crippen LogP contribution in [0, 0.1) is 6.92 Å². The summed E-state index contributed by atoms with van der Waals surface area (Å²) in [5, 5.41) is 0. The summed E-state index contributed by atoms with van der Waals surface area (Å²) in [6, 6.07) is 0. The van der Waals surface area contributed by atoms with Gasteiger partial charge in [0.05, 0.1) is 5.69 Å². The Kier molecular flexibility index (Phi) is 3.92. The van der Waals surface area contributed by atoms with Crippen molar-refractivity contribution in [1.82, 2.24) is 4.98 Å². The van der Waals surface area contributed by atoms with Crippen LogP contribution in [0.1, 0.15) is 5.69 Å². The van der Waals surface area contributed by atoms with Crippen molar-refractivity contribution in [2.75, 3.05) is 0 Å². The van der Waals surface area contributed by atoms with Gasteiger partial charge in [0.15, 0.2) is 8.68 Å². The minimum Gasteiger partial charge on any atom is -0.281 e. The summed E-state index contributed by atoms with van der Waals surface area (Å²) in [7, 11) is -4.14. The van der Waals surface area contributed by atoms with Crippen molar-refractivity contribution in [3.8, 4) is 0 Å². The molecule has 1 N–H and O–H groups in total. The van der Waals surface area contributed by atoms with E-state index in [4.69, 9.17) is 16.2 Å². The molecule has 0 aromatic carbocycles. The third kappa shape index (κ3) is 2.56. The molecule has 0 aliphatic heterocycles. The lowest BCUT2D eigenvalue weighted by Gasteiger charge is -1.88. The summed E-state index contributed by atoms with van der Waals surface area (Å²) in [5.74, 6) is 0. The fourth-order valence-electron chi connectivity index (χ4n) is 0.590. The second kappa shape index (κ2) is 3.89. The molecule has 0 fully saturated rings. The van der Waals surface area contributed by atoms with Crippen LogP contribution in [0.5, 0.6) is 0 Å². The van der Waals surface area contributed by atoms with Crippen LogP contribution < -0.4 is 0 Å². The third-order valence-electron chi connectivity index (χ3n) is 0.962. The molecule has 0 aliphatic carbocycles. The van der Waals surface area contributed by atoms with Gasteiger partial charge >= 0.3 is 10.1 Å². The van der Waals surface area contributed by atoms with Crippen molar-refractivity contribution in [3.63, 3.8) is 0 Å². The molecule has 0 bridgehead atoms. The molecule has 0 saturated heterocycles. The summed E-state index contributed by atoms with van der Waals surface area (Å²) in [6.45, 7) is 1.46. The van der Waals surface area contributed by atoms with E-state index in [2.05, 4.69) is 4.98 Å². The molecule has 4 nitrogen and oxygen atoms in total. The van der Waals surface area contributed by atoms with E-state index >= 15 is 0 Å². The third-order valence-corrected chi connectivity index (χ3v) is 3.66. The standard InChI is InChI=1S/C4H4ClNO3S2.ClH/c1-2-3(11(7,8)9)10-4(5)6-2;/h1H3,(H,7,8,9);1H. The molecule has 0 aliphatic rings. The SMILES string of the molecule is Cc1nc(Cl)sc1S(=O)(=O)O.Cl. The Morgan fingerprint density at radius 3 is 2.25 bits per heavy atom. The zero-order valence-electron chi connectivity index (χ0n) is 5.81. The highest BCUT2D eigenvalue weighted by molar-refractivity contribution is 7.88. The summed E-state index contributed by atoms with van der Waals surface area (Å²) in [5.41, 5.74) is 0.225. The van der Waals surface area contributed by atoms with E-state index in [1.54, 1.807) is 0 Å². The monoisotopic (exact) mass is 249 g/mol. The normalized spacial score (nSPS) is 10.9. The Hall–Kier alpha value is 0.120. The molecule has 1 heterocycles. The smallest absolute Gasteiger partial charge is 0.281 e. The molecule has 8 heteroatoms. The second-order valence-electron chi connectivity index (χ2n) is 1.81. The number of thiazole rings is 1. The predicted octanol–water partition coefficient (Wildman–Crippen LogP) is 1.77. The molecule has 1 rings (SSSR count). The van der Waals surface area contributed by atoms with E-state index in [9.17, 15) is 8.42 Å². The van der Waals surface area contributed by atoms with E-state index in [0.717, 1.165) is 11.3 Å². The molecule has 0 saturated carbocycles. The van der Waals surface area contributed by atoms with Crippen LogP contribution in [0.25, 0.3) is 0 Å². The molecular weight excluding hydrogens is 245 g/mol. The number of halogens is 2. The first-order valence-corrected chi connectivity index (χ1v) is 5.15. The number of hydrogen-bond donors (Lipinski definition) is 1. The van der Waals surface area contributed by atoms with Crippen LogP contribution in [0.4, 0.5) is 0 Å². The van der Waals surface area contributed by atoms with Gasteiger partial charge in [-0.05, 0) is 6.92 Å². The maximum atomic E-state index is 10.5. The lowest BCUT2D eigenvalue weighted by molar-refractivity contribution is 0.485. The Labute approximate surface area is 84.7 Å². The molecule has 70 valence electrons. The largest absolute Gasteiger partial charge is 0.306 e. The maximum Gasteiger partial charge on any atom is 0.306 e. The van der Waals surface area contributed by atoms with Gasteiger partial charge in [0.2, 0.25) is 0 Å². The fourth-order valence-corrected chi connectivity index (χ4v) is 2.69. The van der Waals surface area contributed by atoms with Crippen molar-refractivity contribution < 1.29 is 13.0 Å². The van der Waals surface area contributed by atoms with Gasteiger partial charge in [-0.1, -0.05) is 22.9 Å². The van der Waals surface area contributed by atoms with Gasteiger partial charge in [-0.2, -0.15) is 8.42 Å². The fraction of sp³-hybridized carbons (Fsp3) is 0.250. The summed E-state index contributed by atoms with van der Waals surface area (Å²) < 4.78 is 29.6. The number of nitrogens with zero attached hydrogens (tertiary/aromatic N) is 1. The van der Waals surface area contributed by atoms with Crippen molar-refractivity contribution >= 4 is 45.5 Å². The van der Waals surface area contributed by atoms with Crippen molar-refractivity contribution in [2.45, 2.75) is 11.1 Å². The van der Waals surface area contributed by atoms with Gasteiger partial charge < -0.3 is 0 Å². The number of aryl methyl sites for hydroxylation is 1. The highest BCUT2D eigenvalue weighted by atomic mass is 35.5. The zero-order chi connectivity index (χ0) is 8.65. The Bertz CT molecular complexity index is 372. The maximum absolute atomic E-state index is 10.5. The molecule has 1 aromatic rings. The van der Waals surface area contributed by atoms with E-state index in [1.165, 1.54) is 6.92 Å². The van der Waals surface area contributed by atoms with Crippen LogP contribution in [0.2, 0.25) is 4.47 Å². The first-order valence-electron chi connectivity index (χ1n) is 2.51. The molecular formula is C4H5Cl2NO3S2. The van der Waals surface area contributed by atoms with Gasteiger partial charge in [0, 0.05) is 0 Å². The Morgan fingerprint density at radius 2 is 2.08 bits per heavy atom. The topological polar surface area (TPSA) is 67.3 Å². The quantitative estimate of drug-likeness (QED) is 0.771. The van der Waals surface area contributed by atoms with Crippen molar-refractivity contribution in [3.05, 3.63) is 10.2 Å². The predicted molar refractivity (Wildman–Crippen MR) is 48.9 cm³/mol. The Morgan fingerprint density at radius 1 is 1.58 bits per heavy atom. The molecule has 0 atom stereocenters. The highest BCUT2D eigenvalue weighted by Gasteiger charge is 2.17. The Balaban J connectivity index is 0.00000121. The molecule has 1 aromatic heterocycles. The lowest BCUT2D eigenvalue weighted by atomic mass is 10.6. The van der Waals surface area contributed by atoms with Crippen LogP contribution in [-0.2, 0) is 10.1 Å². The van der Waals surface area contributed by atoms with Crippen LogP contribution in [0.3, 0.4) is 0 Å². The average Bonchev–Trinajstić information content (AvgIpc) is 2.08. The first kappa shape index (κ1) is 12.1. The lowest BCUT2D eigenvalue weighted by Crippen LogP contribution is -1.96. The molecule has 0 radical (unpaired) electrons. The second-order valence-corrected chi connectivity index (χ2v) is 5.01. The number of hydrogen-bond acceptors (Lipinski definition) is 4. The summed E-state index contributed by atoms with van der Waals surface area (Å²) in [6.07, 6.45) is 0. The van der Waals surface area contributed by atoms with E-state index in [0.29, 0.717) is 0 Å². The van der Waals surface area contributed by atoms with Crippen molar-refractivity contribution in [1.29, 1.82) is 0 Å². The molecule has 0 spiro atoms. The number of rotatable bonds is 1. The summed E-state index contributed by atoms with van der Waals surface area (Å²) >= 11 is 6.14. The van der Waals surface area contributed by atoms with Gasteiger partial charge in [-0.3, -0.25) is 4.55 Å². The molecule has 0 amide bonds. The zero-order valence-corrected chi connectivity index (χ0v) is 9.02. The first-order chi connectivity index (χ1) is 4.91. The highest BCUT2D eigenvalue weighted by Crippen LogP contribution is 2.25. The van der Waals surface area contributed by atoms with Crippen LogP contribution >= 0.6 is 35.3 Å². The van der Waals surface area contributed by atoms with Crippen molar-refractivity contribution in [2.24, 2.45) is 0 Å². The summed E-state index contributed by atoms with van der Waals surface area (Å²) in [4.78, 5) is 3.62. The molecule has 12 heavy (non-hydrogen) atoms. The van der Waals surface area contributed by atoms with Gasteiger partial charge in [-0.15, -0.1) is 12.4 Å². The average molecular weight is 250 g/mol. The van der Waals surface area contributed by atoms with E-state index in [-0.39, 0.29) is 26.8 Å². The van der Waals surface area contributed by atoms with Crippen LogP contribution in [0.15, 0.2) is 4.21 Å². The minimum absolute atomic E-state index is 0. The molecule has 0 unspecified atom stereocenters. The van der Waals surface area contributed by atoms with E-state index < -0.39 is 10.1 Å². The van der Waals surface area contributed by atoms with Gasteiger partial charge in [-0.25, -0.2) is 4.98 Å². The van der Waals surface area contributed by atoms with E-state index in [1.807, 2.05) is 0 Å². The van der Waals surface area contributed by atoms with Gasteiger partial charge in [0.25, 0.3) is 0 Å². The van der Waals surface area contributed by atoms with Crippen LogP contribution in [-0.4, -0.2) is 18.0 Å². The minimum atomic E-state index is -4.14. The number of aromatic nitrogens is 1. The van der Waals surface area contributed by atoms with Gasteiger partial charge in [0.1, 0.15) is 0 Å².